The highest BCUT2D eigenvalue weighted by Gasteiger charge is 2.16. The molecule has 1 heterocycles. The van der Waals surface area contributed by atoms with E-state index < -0.39 is 0 Å². The molecule has 2 aromatic rings. The fourth-order valence-corrected chi connectivity index (χ4v) is 1.97. The van der Waals surface area contributed by atoms with Gasteiger partial charge in [0.25, 0.3) is 0 Å². The van der Waals surface area contributed by atoms with Gasteiger partial charge in [0.1, 0.15) is 5.69 Å². The predicted molar refractivity (Wildman–Crippen MR) is 70.3 cm³/mol. The van der Waals surface area contributed by atoms with Crippen LogP contribution in [-0.4, -0.2) is 21.3 Å². The third kappa shape index (κ3) is 2.06. The Bertz CT molecular complexity index is 585. The van der Waals surface area contributed by atoms with Crippen LogP contribution in [-0.2, 0) is 0 Å². The van der Waals surface area contributed by atoms with E-state index in [4.69, 9.17) is 0 Å². The van der Waals surface area contributed by atoms with Gasteiger partial charge in [-0.1, -0.05) is 25.1 Å². The lowest BCUT2D eigenvalue weighted by Gasteiger charge is -2.11. The highest BCUT2D eigenvalue weighted by atomic mass is 16.1. The minimum atomic E-state index is 0.196. The molecule has 1 aromatic heterocycles. The van der Waals surface area contributed by atoms with Gasteiger partial charge in [0.2, 0.25) is 0 Å². The van der Waals surface area contributed by atoms with E-state index in [2.05, 4.69) is 36.3 Å². The Kier molecular flexibility index (Phi) is 3.28. The summed E-state index contributed by atoms with van der Waals surface area (Å²) in [5.41, 5.74) is 4.66. The van der Waals surface area contributed by atoms with Gasteiger partial charge in [-0.15, -0.1) is 5.10 Å². The molecule has 0 radical (unpaired) electrons. The first-order valence-corrected chi connectivity index (χ1v) is 6.03. The van der Waals surface area contributed by atoms with Crippen LogP contribution in [0.4, 0.5) is 0 Å². The second-order valence-corrected chi connectivity index (χ2v) is 4.81. The van der Waals surface area contributed by atoms with Crippen LogP contribution < -0.4 is 0 Å². The summed E-state index contributed by atoms with van der Waals surface area (Å²) in [7, 11) is 0. The van der Waals surface area contributed by atoms with Gasteiger partial charge in [-0.25, -0.2) is 4.68 Å². The van der Waals surface area contributed by atoms with E-state index in [1.165, 1.54) is 11.1 Å². The van der Waals surface area contributed by atoms with E-state index in [1.54, 1.807) is 4.68 Å². The first kappa shape index (κ1) is 12.5. The van der Waals surface area contributed by atoms with Crippen molar-refractivity contribution < 1.29 is 4.79 Å². The zero-order chi connectivity index (χ0) is 13.3. The molecule has 4 nitrogen and oxygen atoms in total. The first-order valence-electron chi connectivity index (χ1n) is 6.03. The Labute approximate surface area is 107 Å². The van der Waals surface area contributed by atoms with Crippen LogP contribution in [0.2, 0.25) is 0 Å². The highest BCUT2D eigenvalue weighted by Crippen LogP contribution is 2.21. The summed E-state index contributed by atoms with van der Waals surface area (Å²) in [4.78, 5) is 11.0. The van der Waals surface area contributed by atoms with Gasteiger partial charge in [-0.05, 0) is 43.0 Å². The Balaban J connectivity index is 2.60. The average molecular weight is 243 g/mol. The number of benzene rings is 1. The number of hydrogen-bond acceptors (Lipinski definition) is 3. The maximum atomic E-state index is 11.0. The second-order valence-electron chi connectivity index (χ2n) is 4.81. The number of aromatic nitrogens is 3. The molecule has 0 bridgehead atoms. The number of aryl methyl sites for hydroxylation is 2. The van der Waals surface area contributed by atoms with Crippen molar-refractivity contribution in [3.63, 3.8) is 0 Å². The van der Waals surface area contributed by atoms with Crippen molar-refractivity contribution in [1.29, 1.82) is 0 Å². The SMILES string of the molecule is Cc1ccc(-n2nnc(C=O)c2C(C)C)cc1C. The third-order valence-corrected chi connectivity index (χ3v) is 3.13. The summed E-state index contributed by atoms with van der Waals surface area (Å²) in [6, 6.07) is 6.11. The van der Waals surface area contributed by atoms with Crippen LogP contribution in [0.1, 0.15) is 47.1 Å². The van der Waals surface area contributed by atoms with Gasteiger partial charge in [0.05, 0.1) is 11.4 Å². The number of carbonyl (C=O) groups excluding carboxylic acids is 1. The van der Waals surface area contributed by atoms with Gasteiger partial charge in [0, 0.05) is 0 Å². The molecule has 0 aliphatic rings. The molecule has 0 amide bonds. The molecular weight excluding hydrogens is 226 g/mol. The zero-order valence-electron chi connectivity index (χ0n) is 11.1. The number of nitrogens with zero attached hydrogens (tertiary/aromatic N) is 3. The predicted octanol–water partition coefficient (Wildman–Crippen LogP) is 2.82. The third-order valence-electron chi connectivity index (χ3n) is 3.13. The van der Waals surface area contributed by atoms with Gasteiger partial charge in [-0.2, -0.15) is 0 Å². The highest BCUT2D eigenvalue weighted by molar-refractivity contribution is 5.73. The number of rotatable bonds is 3. The van der Waals surface area contributed by atoms with Crippen LogP contribution in [0.3, 0.4) is 0 Å². The molecule has 0 unspecified atom stereocenters. The van der Waals surface area contributed by atoms with Crippen LogP contribution >= 0.6 is 0 Å². The molecule has 94 valence electrons. The summed E-state index contributed by atoms with van der Waals surface area (Å²) in [5.74, 6) is 0.196. The summed E-state index contributed by atoms with van der Waals surface area (Å²) < 4.78 is 1.75. The van der Waals surface area contributed by atoms with Crippen molar-refractivity contribution in [1.82, 2.24) is 15.0 Å². The smallest absolute Gasteiger partial charge is 0.172 e. The molecule has 0 saturated carbocycles. The summed E-state index contributed by atoms with van der Waals surface area (Å²) in [6.07, 6.45) is 0.764. The minimum Gasteiger partial charge on any atom is -0.296 e. The molecular formula is C14H17N3O. The topological polar surface area (TPSA) is 47.8 Å². The molecule has 0 aliphatic carbocycles. The van der Waals surface area contributed by atoms with Gasteiger partial charge in [-0.3, -0.25) is 4.79 Å². The fraction of sp³-hybridized carbons (Fsp3) is 0.357. The molecule has 0 spiro atoms. The monoisotopic (exact) mass is 243 g/mol. The normalized spacial score (nSPS) is 10.9. The van der Waals surface area contributed by atoms with E-state index >= 15 is 0 Å². The quantitative estimate of drug-likeness (QED) is 0.779. The average Bonchev–Trinajstić information content (AvgIpc) is 2.76. The molecule has 0 fully saturated rings. The zero-order valence-corrected chi connectivity index (χ0v) is 11.1. The standard InChI is InChI=1S/C14H17N3O/c1-9(2)14-13(8-18)15-16-17(14)12-6-5-10(3)11(4)7-12/h5-9H,1-4H3. The van der Waals surface area contributed by atoms with Crippen LogP contribution in [0.15, 0.2) is 18.2 Å². The van der Waals surface area contributed by atoms with E-state index in [0.29, 0.717) is 5.69 Å². The van der Waals surface area contributed by atoms with E-state index in [1.807, 2.05) is 19.9 Å². The maximum Gasteiger partial charge on any atom is 0.172 e. The molecule has 0 atom stereocenters. The Morgan fingerprint density at radius 1 is 1.22 bits per heavy atom. The maximum absolute atomic E-state index is 11.0. The van der Waals surface area contributed by atoms with Crippen molar-refractivity contribution in [2.75, 3.05) is 0 Å². The Morgan fingerprint density at radius 3 is 2.50 bits per heavy atom. The largest absolute Gasteiger partial charge is 0.296 e. The van der Waals surface area contributed by atoms with E-state index in [-0.39, 0.29) is 5.92 Å². The van der Waals surface area contributed by atoms with Crippen molar-refractivity contribution >= 4 is 6.29 Å². The summed E-state index contributed by atoms with van der Waals surface area (Å²) >= 11 is 0. The molecule has 0 saturated heterocycles. The van der Waals surface area contributed by atoms with Crippen molar-refractivity contribution in [2.45, 2.75) is 33.6 Å². The lowest BCUT2D eigenvalue weighted by Crippen LogP contribution is -2.05. The number of hydrogen-bond donors (Lipinski definition) is 0. The van der Waals surface area contributed by atoms with Crippen LogP contribution in [0.25, 0.3) is 5.69 Å². The fourth-order valence-electron chi connectivity index (χ4n) is 1.97. The second kappa shape index (κ2) is 4.72. The van der Waals surface area contributed by atoms with Gasteiger partial charge >= 0.3 is 0 Å². The van der Waals surface area contributed by atoms with Gasteiger partial charge in [0.15, 0.2) is 6.29 Å². The Morgan fingerprint density at radius 2 is 1.94 bits per heavy atom. The lowest BCUT2D eigenvalue weighted by atomic mass is 10.1. The summed E-state index contributed by atoms with van der Waals surface area (Å²) in [6.45, 7) is 8.19. The van der Waals surface area contributed by atoms with Crippen molar-refractivity contribution in [2.24, 2.45) is 0 Å². The molecule has 18 heavy (non-hydrogen) atoms. The van der Waals surface area contributed by atoms with Gasteiger partial charge < -0.3 is 0 Å². The molecule has 4 heteroatoms. The number of carbonyl (C=O) groups is 1. The van der Waals surface area contributed by atoms with Crippen LogP contribution in [0.5, 0.6) is 0 Å². The van der Waals surface area contributed by atoms with Crippen molar-refractivity contribution in [3.05, 3.63) is 40.7 Å². The number of aldehydes is 1. The molecule has 1 aromatic carbocycles. The van der Waals surface area contributed by atoms with Crippen LogP contribution in [0, 0.1) is 13.8 Å². The van der Waals surface area contributed by atoms with Crippen molar-refractivity contribution in [3.8, 4) is 5.69 Å². The first-order chi connectivity index (χ1) is 8.54. The minimum absolute atomic E-state index is 0.196. The lowest BCUT2D eigenvalue weighted by molar-refractivity contribution is 0.111. The van der Waals surface area contributed by atoms with E-state index in [9.17, 15) is 4.79 Å². The molecule has 0 aliphatic heterocycles. The Hall–Kier alpha value is -1.97. The molecule has 2 rings (SSSR count). The molecule has 0 N–H and O–H groups in total. The van der Waals surface area contributed by atoms with E-state index in [0.717, 1.165) is 17.7 Å². The summed E-state index contributed by atoms with van der Waals surface area (Å²) in [5, 5.41) is 8.01.